The van der Waals surface area contributed by atoms with Crippen LogP contribution in [0.1, 0.15) is 12.1 Å². The van der Waals surface area contributed by atoms with Gasteiger partial charge in [-0.05, 0) is 30.2 Å². The van der Waals surface area contributed by atoms with Crippen molar-refractivity contribution in [1.29, 1.82) is 0 Å². The van der Waals surface area contributed by atoms with Crippen LogP contribution in [0.2, 0.25) is 0 Å². The summed E-state index contributed by atoms with van der Waals surface area (Å²) in [6.45, 7) is 0.429. The first kappa shape index (κ1) is 24.5. The SMILES string of the molecule is Nc1nc(C(=NO)C(=O)N[C@@H]2C(=O)N3C(C(=O)O)=C(C=C4CCN(c5cccnc5)C4=O)CS[C@H]23)cs1. The number of rotatable bonds is 6. The van der Waals surface area contributed by atoms with Crippen LogP contribution in [0.5, 0.6) is 0 Å². The van der Waals surface area contributed by atoms with Crippen LogP contribution in [0.3, 0.4) is 0 Å². The fraction of sp³-hybridized carbons (Fsp3) is 0.227. The summed E-state index contributed by atoms with van der Waals surface area (Å²) >= 11 is 2.30. The average molecular weight is 542 g/mol. The molecule has 37 heavy (non-hydrogen) atoms. The van der Waals surface area contributed by atoms with E-state index < -0.39 is 34.9 Å². The van der Waals surface area contributed by atoms with Crippen LogP contribution in [0.15, 0.2) is 58.0 Å². The van der Waals surface area contributed by atoms with Gasteiger partial charge in [0.1, 0.15) is 22.8 Å². The van der Waals surface area contributed by atoms with E-state index in [-0.39, 0.29) is 28.2 Å². The molecule has 0 radical (unpaired) electrons. The third-order valence-corrected chi connectivity index (χ3v) is 7.97. The molecule has 0 bridgehead atoms. The highest BCUT2D eigenvalue weighted by Gasteiger charge is 2.54. The number of β-lactam (4-membered cyclic amide) rings is 1. The normalized spacial score (nSPS) is 22.8. The van der Waals surface area contributed by atoms with Crippen LogP contribution in [0.4, 0.5) is 10.8 Å². The minimum absolute atomic E-state index is 0.0454. The van der Waals surface area contributed by atoms with Gasteiger partial charge in [-0.3, -0.25) is 24.3 Å². The number of carbonyl (C=O) groups excluding carboxylic acids is 3. The molecular formula is C22H19N7O6S2. The Bertz CT molecular complexity index is 1400. The Morgan fingerprint density at radius 2 is 2.14 bits per heavy atom. The molecule has 3 aliphatic heterocycles. The lowest BCUT2D eigenvalue weighted by atomic mass is 10.0. The van der Waals surface area contributed by atoms with Crippen LogP contribution < -0.4 is 16.0 Å². The number of aromatic nitrogens is 2. The summed E-state index contributed by atoms with van der Waals surface area (Å²) in [5.41, 5.74) is 6.36. The first-order chi connectivity index (χ1) is 17.8. The maximum Gasteiger partial charge on any atom is 0.352 e. The number of aliphatic carboxylic acids is 1. The lowest BCUT2D eigenvalue weighted by Crippen LogP contribution is -2.71. The van der Waals surface area contributed by atoms with Gasteiger partial charge < -0.3 is 26.3 Å². The molecule has 3 amide bonds. The number of hydrogen-bond donors (Lipinski definition) is 4. The van der Waals surface area contributed by atoms with Crippen molar-refractivity contribution in [2.24, 2.45) is 5.16 Å². The molecule has 5 N–H and O–H groups in total. The molecule has 15 heteroatoms. The van der Waals surface area contributed by atoms with Crippen LogP contribution in [0, 0.1) is 0 Å². The molecule has 0 spiro atoms. The van der Waals surface area contributed by atoms with E-state index in [1.807, 2.05) is 0 Å². The van der Waals surface area contributed by atoms with Gasteiger partial charge in [0.2, 0.25) is 0 Å². The minimum Gasteiger partial charge on any atom is -0.477 e. The third kappa shape index (κ3) is 4.31. The Morgan fingerprint density at radius 3 is 2.78 bits per heavy atom. The predicted molar refractivity (Wildman–Crippen MR) is 134 cm³/mol. The number of anilines is 2. The fourth-order valence-corrected chi connectivity index (χ4v) is 6.14. The number of thiazole rings is 1. The van der Waals surface area contributed by atoms with Gasteiger partial charge in [0.15, 0.2) is 10.8 Å². The van der Waals surface area contributed by atoms with Gasteiger partial charge in [-0.1, -0.05) is 5.16 Å². The molecule has 2 aromatic rings. The molecule has 190 valence electrons. The van der Waals surface area contributed by atoms with E-state index in [1.165, 1.54) is 23.2 Å². The van der Waals surface area contributed by atoms with Crippen molar-refractivity contribution in [1.82, 2.24) is 20.2 Å². The Morgan fingerprint density at radius 1 is 1.32 bits per heavy atom. The van der Waals surface area contributed by atoms with Crippen molar-refractivity contribution < 1.29 is 29.5 Å². The number of amides is 3. The van der Waals surface area contributed by atoms with E-state index in [2.05, 4.69) is 20.4 Å². The number of nitrogens with one attached hydrogen (secondary N) is 1. The van der Waals surface area contributed by atoms with Crippen molar-refractivity contribution in [3.8, 4) is 0 Å². The van der Waals surface area contributed by atoms with Gasteiger partial charge in [0.25, 0.3) is 17.7 Å². The van der Waals surface area contributed by atoms with E-state index >= 15 is 0 Å². The number of carboxylic acids is 1. The zero-order valence-corrected chi connectivity index (χ0v) is 20.5. The fourth-order valence-electron chi connectivity index (χ4n) is 4.29. The van der Waals surface area contributed by atoms with Gasteiger partial charge in [0.05, 0.1) is 11.9 Å². The lowest BCUT2D eigenvalue weighted by Gasteiger charge is -2.49. The largest absolute Gasteiger partial charge is 0.477 e. The number of allylic oxidation sites excluding steroid dienone is 1. The van der Waals surface area contributed by atoms with E-state index in [0.29, 0.717) is 29.8 Å². The van der Waals surface area contributed by atoms with Crippen molar-refractivity contribution in [2.45, 2.75) is 17.8 Å². The molecule has 5 heterocycles. The first-order valence-corrected chi connectivity index (χ1v) is 12.8. The second-order valence-electron chi connectivity index (χ2n) is 8.15. The Hall–Kier alpha value is -4.24. The van der Waals surface area contributed by atoms with Crippen LogP contribution in [0.25, 0.3) is 0 Å². The first-order valence-electron chi connectivity index (χ1n) is 10.9. The molecule has 2 atom stereocenters. The Kier molecular flexibility index (Phi) is 6.39. The maximum atomic E-state index is 12.9. The monoisotopic (exact) mass is 541 g/mol. The zero-order valence-electron chi connectivity index (χ0n) is 18.9. The molecule has 13 nitrogen and oxygen atoms in total. The standard InChI is InChI=1S/C22H19N7O6S2/c23-22-25-13(9-37-22)14(27-35)17(30)26-15-19(32)29-16(21(33)34)11(8-36-20(15)29)6-10-3-5-28(18(10)31)12-2-1-4-24-7-12/h1-2,4,6-7,9,15,20,35H,3,5,8H2,(H2,23,25)(H,26,30)(H,33,34)/t15-,20-/m1/s1. The number of oxime groups is 1. The molecule has 2 fully saturated rings. The molecular weight excluding hydrogens is 522 g/mol. The molecule has 0 aromatic carbocycles. The molecule has 0 unspecified atom stereocenters. The highest BCUT2D eigenvalue weighted by molar-refractivity contribution is 8.00. The Balaban J connectivity index is 1.35. The molecule has 2 saturated heterocycles. The second kappa shape index (κ2) is 9.67. The number of carbonyl (C=O) groups is 4. The Labute approximate surface area is 217 Å². The zero-order chi connectivity index (χ0) is 26.3. The van der Waals surface area contributed by atoms with Gasteiger partial charge >= 0.3 is 5.97 Å². The molecule has 0 aliphatic carbocycles. The van der Waals surface area contributed by atoms with Gasteiger partial charge in [-0.25, -0.2) is 9.78 Å². The summed E-state index contributed by atoms with van der Waals surface area (Å²) in [7, 11) is 0. The lowest BCUT2D eigenvalue weighted by molar-refractivity contribution is -0.150. The van der Waals surface area contributed by atoms with Crippen LogP contribution in [-0.4, -0.2) is 78.3 Å². The van der Waals surface area contributed by atoms with Gasteiger partial charge in [0, 0.05) is 29.4 Å². The van der Waals surface area contributed by atoms with Crippen molar-refractivity contribution >= 4 is 63.3 Å². The topological polar surface area (TPSA) is 191 Å². The number of carboxylic acid groups (broad SMARTS) is 1. The van der Waals surface area contributed by atoms with Crippen molar-refractivity contribution in [3.05, 3.63) is 58.5 Å². The van der Waals surface area contributed by atoms with E-state index in [4.69, 9.17) is 5.73 Å². The second-order valence-corrected chi connectivity index (χ2v) is 10.1. The number of fused-ring (bicyclic) bond motifs is 1. The maximum absolute atomic E-state index is 12.9. The third-order valence-electron chi connectivity index (χ3n) is 6.00. The summed E-state index contributed by atoms with van der Waals surface area (Å²) in [5.74, 6) is -2.86. The minimum atomic E-state index is -1.32. The van der Waals surface area contributed by atoms with Gasteiger partial charge in [-0.2, -0.15) is 0 Å². The summed E-state index contributed by atoms with van der Waals surface area (Å²) < 4.78 is 0. The number of thioether (sulfide) groups is 1. The number of pyridine rings is 1. The highest BCUT2D eigenvalue weighted by Crippen LogP contribution is 2.41. The van der Waals surface area contributed by atoms with Gasteiger partial charge in [-0.15, -0.1) is 23.1 Å². The summed E-state index contributed by atoms with van der Waals surface area (Å²) in [6, 6.07) is 2.45. The van der Waals surface area contributed by atoms with E-state index in [9.17, 15) is 29.5 Å². The predicted octanol–water partition coefficient (Wildman–Crippen LogP) is 0.401. The van der Waals surface area contributed by atoms with Crippen LogP contribution in [-0.2, 0) is 19.2 Å². The average Bonchev–Trinajstić information content (AvgIpc) is 3.48. The van der Waals surface area contributed by atoms with Crippen molar-refractivity contribution in [3.63, 3.8) is 0 Å². The van der Waals surface area contributed by atoms with Crippen molar-refractivity contribution in [2.75, 3.05) is 22.9 Å². The molecule has 2 aromatic heterocycles. The summed E-state index contributed by atoms with van der Waals surface area (Å²) in [6.07, 6.45) is 5.13. The molecule has 0 saturated carbocycles. The quantitative estimate of drug-likeness (QED) is 0.131. The molecule has 3 aliphatic rings. The number of nitrogens with zero attached hydrogens (tertiary/aromatic N) is 5. The molecule has 5 rings (SSSR count). The van der Waals surface area contributed by atoms with Crippen LogP contribution >= 0.6 is 23.1 Å². The number of nitrogen functional groups attached to an aromatic ring is 1. The highest BCUT2D eigenvalue weighted by atomic mass is 32.2. The smallest absolute Gasteiger partial charge is 0.352 e. The van der Waals surface area contributed by atoms with E-state index in [0.717, 1.165) is 16.2 Å². The summed E-state index contributed by atoms with van der Waals surface area (Å²) in [5, 5.41) is 25.6. The number of hydrogen-bond acceptors (Lipinski definition) is 11. The van der Waals surface area contributed by atoms with E-state index in [1.54, 1.807) is 29.4 Å². The number of nitrogens with two attached hydrogens (primary N) is 1. The summed E-state index contributed by atoms with van der Waals surface area (Å²) in [4.78, 5) is 61.3.